The molecule has 0 bridgehead atoms. The maximum absolute atomic E-state index is 5.46. The second-order valence-corrected chi connectivity index (χ2v) is 4.50. The Morgan fingerprint density at radius 2 is 2.08 bits per heavy atom. The van der Waals surface area contributed by atoms with E-state index in [9.17, 15) is 0 Å². The minimum Gasteiger partial charge on any atom is -0.379 e. The summed E-state index contributed by atoms with van der Waals surface area (Å²) >= 11 is 0. The van der Waals surface area contributed by atoms with Crippen molar-refractivity contribution in [3.05, 3.63) is 0 Å². The molecule has 0 amide bonds. The number of hydrogen-bond acceptors (Lipinski definition) is 2. The van der Waals surface area contributed by atoms with Crippen molar-refractivity contribution < 1.29 is 4.74 Å². The van der Waals surface area contributed by atoms with Gasteiger partial charge in [0.25, 0.3) is 0 Å². The van der Waals surface area contributed by atoms with Gasteiger partial charge in [0.2, 0.25) is 0 Å². The van der Waals surface area contributed by atoms with Gasteiger partial charge in [-0.25, -0.2) is 0 Å². The minimum absolute atomic E-state index is 0.658. The zero-order chi connectivity index (χ0) is 8.55. The van der Waals surface area contributed by atoms with Gasteiger partial charge < -0.3 is 10.1 Å². The fourth-order valence-corrected chi connectivity index (χ4v) is 2.35. The monoisotopic (exact) mass is 169 g/mol. The molecule has 70 valence electrons. The Kier molecular flexibility index (Phi) is 2.37. The van der Waals surface area contributed by atoms with Crippen LogP contribution in [-0.2, 0) is 4.74 Å². The molecule has 12 heavy (non-hydrogen) atoms. The highest BCUT2D eigenvalue weighted by Gasteiger charge is 2.34. The Bertz CT molecular complexity index is 158. The van der Waals surface area contributed by atoms with E-state index in [1.165, 1.54) is 12.8 Å². The molecule has 0 spiro atoms. The van der Waals surface area contributed by atoms with Crippen LogP contribution in [0.3, 0.4) is 0 Å². The normalized spacial score (nSPS) is 41.8. The average Bonchev–Trinajstić information content (AvgIpc) is 2.49. The third-order valence-electron chi connectivity index (χ3n) is 3.28. The van der Waals surface area contributed by atoms with E-state index in [2.05, 4.69) is 19.2 Å². The standard InChI is InChI=1S/C10H19NO/c1-7(2)9-4-3-8-5-12-6-10(8)11-9/h7-11H,3-6H2,1-2H3. The van der Waals surface area contributed by atoms with Crippen molar-refractivity contribution in [3.8, 4) is 0 Å². The van der Waals surface area contributed by atoms with Crippen LogP contribution in [-0.4, -0.2) is 25.3 Å². The third kappa shape index (κ3) is 1.50. The largest absolute Gasteiger partial charge is 0.379 e. The first-order valence-electron chi connectivity index (χ1n) is 5.11. The van der Waals surface area contributed by atoms with Gasteiger partial charge in [-0.3, -0.25) is 0 Å². The van der Waals surface area contributed by atoms with Crippen LogP contribution in [0.4, 0.5) is 0 Å². The summed E-state index contributed by atoms with van der Waals surface area (Å²) in [6.07, 6.45) is 2.70. The predicted octanol–water partition coefficient (Wildman–Crippen LogP) is 1.41. The summed E-state index contributed by atoms with van der Waals surface area (Å²) in [5, 5.41) is 3.69. The predicted molar refractivity (Wildman–Crippen MR) is 49.1 cm³/mol. The summed E-state index contributed by atoms with van der Waals surface area (Å²) in [5.41, 5.74) is 0. The van der Waals surface area contributed by atoms with Crippen LogP contribution in [0, 0.1) is 11.8 Å². The van der Waals surface area contributed by atoms with E-state index in [0.717, 1.165) is 31.1 Å². The fourth-order valence-electron chi connectivity index (χ4n) is 2.35. The van der Waals surface area contributed by atoms with Gasteiger partial charge in [-0.1, -0.05) is 13.8 Å². The van der Waals surface area contributed by atoms with E-state index in [-0.39, 0.29) is 0 Å². The first-order valence-corrected chi connectivity index (χ1v) is 5.11. The summed E-state index contributed by atoms with van der Waals surface area (Å²) in [6, 6.07) is 1.39. The molecular weight excluding hydrogens is 150 g/mol. The summed E-state index contributed by atoms with van der Waals surface area (Å²) < 4.78 is 5.46. The highest BCUT2D eigenvalue weighted by Crippen LogP contribution is 2.27. The Balaban J connectivity index is 1.92. The van der Waals surface area contributed by atoms with Crippen LogP contribution in [0.1, 0.15) is 26.7 Å². The number of rotatable bonds is 1. The average molecular weight is 169 g/mol. The lowest BCUT2D eigenvalue weighted by atomic mass is 9.86. The molecule has 2 heteroatoms. The Morgan fingerprint density at radius 3 is 2.83 bits per heavy atom. The SMILES string of the molecule is CC(C)C1CCC2COCC2N1. The maximum atomic E-state index is 5.46. The molecule has 3 unspecified atom stereocenters. The van der Waals surface area contributed by atoms with E-state index in [1.807, 2.05) is 0 Å². The molecule has 2 saturated heterocycles. The third-order valence-corrected chi connectivity index (χ3v) is 3.28. The lowest BCUT2D eigenvalue weighted by Gasteiger charge is -2.34. The van der Waals surface area contributed by atoms with E-state index in [0.29, 0.717) is 6.04 Å². The number of piperidine rings is 1. The lowest BCUT2D eigenvalue weighted by Crippen LogP contribution is -2.49. The smallest absolute Gasteiger partial charge is 0.0623 e. The summed E-state index contributed by atoms with van der Waals surface area (Å²) in [6.45, 7) is 6.53. The minimum atomic E-state index is 0.658. The number of hydrogen-bond donors (Lipinski definition) is 1. The molecule has 0 aromatic rings. The molecular formula is C10H19NO. The molecule has 3 atom stereocenters. The topological polar surface area (TPSA) is 21.3 Å². The molecule has 1 N–H and O–H groups in total. The summed E-state index contributed by atoms with van der Waals surface area (Å²) in [7, 11) is 0. The highest BCUT2D eigenvalue weighted by atomic mass is 16.5. The molecule has 2 rings (SSSR count). The first kappa shape index (κ1) is 8.52. The Hall–Kier alpha value is -0.0800. The quantitative estimate of drug-likeness (QED) is 0.641. The van der Waals surface area contributed by atoms with Crippen LogP contribution >= 0.6 is 0 Å². The van der Waals surface area contributed by atoms with Crippen molar-refractivity contribution >= 4 is 0 Å². The van der Waals surface area contributed by atoms with E-state index in [1.54, 1.807) is 0 Å². The van der Waals surface area contributed by atoms with E-state index >= 15 is 0 Å². The zero-order valence-electron chi connectivity index (χ0n) is 8.05. The second-order valence-electron chi connectivity index (χ2n) is 4.50. The lowest BCUT2D eigenvalue weighted by molar-refractivity contribution is 0.183. The van der Waals surface area contributed by atoms with Gasteiger partial charge in [-0.15, -0.1) is 0 Å². The van der Waals surface area contributed by atoms with Crippen LogP contribution in [0.25, 0.3) is 0 Å². The Labute approximate surface area is 74.7 Å². The van der Waals surface area contributed by atoms with Crippen molar-refractivity contribution in [3.63, 3.8) is 0 Å². The van der Waals surface area contributed by atoms with Crippen molar-refractivity contribution in [2.45, 2.75) is 38.8 Å². The van der Waals surface area contributed by atoms with Gasteiger partial charge in [0.15, 0.2) is 0 Å². The summed E-state index contributed by atoms with van der Waals surface area (Å²) in [4.78, 5) is 0. The van der Waals surface area contributed by atoms with Crippen molar-refractivity contribution in [2.24, 2.45) is 11.8 Å². The summed E-state index contributed by atoms with van der Waals surface area (Å²) in [5.74, 6) is 1.58. The molecule has 2 aliphatic rings. The van der Waals surface area contributed by atoms with Crippen molar-refractivity contribution in [1.82, 2.24) is 5.32 Å². The highest BCUT2D eigenvalue weighted by molar-refractivity contribution is 4.90. The maximum Gasteiger partial charge on any atom is 0.0623 e. The van der Waals surface area contributed by atoms with Crippen molar-refractivity contribution in [2.75, 3.05) is 13.2 Å². The van der Waals surface area contributed by atoms with Gasteiger partial charge in [-0.2, -0.15) is 0 Å². The number of ether oxygens (including phenoxy) is 1. The number of fused-ring (bicyclic) bond motifs is 1. The van der Waals surface area contributed by atoms with Gasteiger partial charge in [0.1, 0.15) is 0 Å². The number of nitrogens with one attached hydrogen (secondary N) is 1. The molecule has 0 saturated carbocycles. The van der Waals surface area contributed by atoms with Gasteiger partial charge >= 0.3 is 0 Å². The molecule has 2 nitrogen and oxygen atoms in total. The van der Waals surface area contributed by atoms with Crippen LogP contribution < -0.4 is 5.32 Å². The first-order chi connectivity index (χ1) is 5.77. The Morgan fingerprint density at radius 1 is 1.25 bits per heavy atom. The van der Waals surface area contributed by atoms with Crippen LogP contribution in [0.15, 0.2) is 0 Å². The van der Waals surface area contributed by atoms with E-state index in [4.69, 9.17) is 4.74 Å². The van der Waals surface area contributed by atoms with Gasteiger partial charge in [0.05, 0.1) is 13.2 Å². The van der Waals surface area contributed by atoms with E-state index < -0.39 is 0 Å². The molecule has 0 radical (unpaired) electrons. The molecule has 2 heterocycles. The fraction of sp³-hybridized carbons (Fsp3) is 1.00. The zero-order valence-corrected chi connectivity index (χ0v) is 8.05. The van der Waals surface area contributed by atoms with Crippen LogP contribution in [0.2, 0.25) is 0 Å². The molecule has 0 aromatic heterocycles. The van der Waals surface area contributed by atoms with Gasteiger partial charge in [0, 0.05) is 12.1 Å². The molecule has 2 aliphatic heterocycles. The molecule has 0 aliphatic carbocycles. The van der Waals surface area contributed by atoms with Gasteiger partial charge in [-0.05, 0) is 24.7 Å². The van der Waals surface area contributed by atoms with Crippen molar-refractivity contribution in [1.29, 1.82) is 0 Å². The molecule has 0 aromatic carbocycles. The van der Waals surface area contributed by atoms with Crippen LogP contribution in [0.5, 0.6) is 0 Å². The second kappa shape index (κ2) is 3.35. The molecule has 2 fully saturated rings.